The Morgan fingerprint density at radius 3 is 1.57 bits per heavy atom. The lowest BCUT2D eigenvalue weighted by Gasteiger charge is -2.33. The molecule has 0 N–H and O–H groups in total. The minimum Gasteiger partial charge on any atom is -0.356 e. The first-order valence-electron chi connectivity index (χ1n) is 13.1. The van der Waals surface area contributed by atoms with E-state index in [-0.39, 0.29) is 0 Å². The monoisotopic (exact) mass is 412 g/mol. The van der Waals surface area contributed by atoms with Gasteiger partial charge in [0.15, 0.2) is 0 Å². The Bertz CT molecular complexity index is 539. The van der Waals surface area contributed by atoms with E-state index in [9.17, 15) is 0 Å². The van der Waals surface area contributed by atoms with Crippen LogP contribution in [0.5, 0.6) is 0 Å². The maximum Gasteiger partial charge on any atom is 0.105 e. The van der Waals surface area contributed by atoms with E-state index in [1.807, 2.05) is 0 Å². The third-order valence-corrected chi connectivity index (χ3v) is 6.52. The average Bonchev–Trinajstić information content (AvgIpc) is 3.15. The van der Waals surface area contributed by atoms with Gasteiger partial charge < -0.3 is 9.80 Å². The van der Waals surface area contributed by atoms with Crippen LogP contribution in [0.4, 0.5) is 0 Å². The van der Waals surface area contributed by atoms with Gasteiger partial charge in [0.25, 0.3) is 0 Å². The molecule has 0 aromatic heterocycles. The third-order valence-electron chi connectivity index (χ3n) is 6.52. The molecule has 30 heavy (non-hydrogen) atoms. The van der Waals surface area contributed by atoms with E-state index in [0.29, 0.717) is 6.17 Å². The molecule has 1 aliphatic heterocycles. The van der Waals surface area contributed by atoms with Gasteiger partial charge in [0.2, 0.25) is 0 Å². The van der Waals surface area contributed by atoms with Crippen molar-refractivity contribution in [3.8, 4) is 0 Å². The van der Waals surface area contributed by atoms with Gasteiger partial charge in [-0.25, -0.2) is 0 Å². The molecule has 1 heterocycles. The lowest BCUT2D eigenvalue weighted by molar-refractivity contribution is 0.148. The van der Waals surface area contributed by atoms with Crippen molar-refractivity contribution in [2.75, 3.05) is 13.1 Å². The SMILES string of the molecule is CCCCCCCCCCCCCCN1C=CN(CCCC)C1Cc1ccccc1. The van der Waals surface area contributed by atoms with Crippen LogP contribution in [-0.4, -0.2) is 29.1 Å². The van der Waals surface area contributed by atoms with E-state index < -0.39 is 0 Å². The van der Waals surface area contributed by atoms with Gasteiger partial charge in [0.1, 0.15) is 6.17 Å². The van der Waals surface area contributed by atoms with Crippen molar-refractivity contribution in [3.05, 3.63) is 48.3 Å². The van der Waals surface area contributed by atoms with Gasteiger partial charge in [0.05, 0.1) is 0 Å². The molecule has 1 unspecified atom stereocenters. The second-order valence-corrected chi connectivity index (χ2v) is 9.19. The molecule has 2 heteroatoms. The maximum absolute atomic E-state index is 2.60. The number of nitrogens with zero attached hydrogens (tertiary/aromatic N) is 2. The van der Waals surface area contributed by atoms with Crippen molar-refractivity contribution in [1.82, 2.24) is 9.80 Å². The highest BCUT2D eigenvalue weighted by Crippen LogP contribution is 2.22. The summed E-state index contributed by atoms with van der Waals surface area (Å²) >= 11 is 0. The molecular weight excluding hydrogens is 364 g/mol. The third kappa shape index (κ3) is 10.0. The summed E-state index contributed by atoms with van der Waals surface area (Å²) in [5.41, 5.74) is 1.45. The minimum absolute atomic E-state index is 0.506. The van der Waals surface area contributed by atoms with Gasteiger partial charge in [-0.1, -0.05) is 121 Å². The Labute approximate surface area is 187 Å². The molecule has 0 bridgehead atoms. The molecule has 2 nitrogen and oxygen atoms in total. The normalized spacial score (nSPS) is 16.0. The van der Waals surface area contributed by atoms with Crippen molar-refractivity contribution < 1.29 is 0 Å². The first-order valence-corrected chi connectivity index (χ1v) is 13.1. The summed E-state index contributed by atoms with van der Waals surface area (Å²) in [5.74, 6) is 0. The van der Waals surface area contributed by atoms with Crippen molar-refractivity contribution >= 4 is 0 Å². The van der Waals surface area contributed by atoms with E-state index >= 15 is 0 Å². The molecule has 0 fully saturated rings. The summed E-state index contributed by atoms with van der Waals surface area (Å²) in [5, 5.41) is 0. The lowest BCUT2D eigenvalue weighted by Crippen LogP contribution is -2.41. The van der Waals surface area contributed by atoms with E-state index in [1.54, 1.807) is 0 Å². The highest BCUT2D eigenvalue weighted by Gasteiger charge is 2.25. The van der Waals surface area contributed by atoms with Crippen LogP contribution in [-0.2, 0) is 6.42 Å². The van der Waals surface area contributed by atoms with Crippen LogP contribution in [0.3, 0.4) is 0 Å². The quantitative estimate of drug-likeness (QED) is 0.224. The van der Waals surface area contributed by atoms with Crippen LogP contribution in [0.1, 0.15) is 109 Å². The van der Waals surface area contributed by atoms with E-state index in [2.05, 4.69) is 66.4 Å². The summed E-state index contributed by atoms with van der Waals surface area (Å²) in [6, 6.07) is 11.0. The molecule has 1 aromatic rings. The first-order chi connectivity index (χ1) is 14.8. The van der Waals surface area contributed by atoms with E-state index in [4.69, 9.17) is 0 Å². The van der Waals surface area contributed by atoms with Crippen LogP contribution < -0.4 is 0 Å². The minimum atomic E-state index is 0.506. The summed E-state index contributed by atoms with van der Waals surface area (Å²) in [7, 11) is 0. The van der Waals surface area contributed by atoms with Gasteiger partial charge in [-0.15, -0.1) is 0 Å². The standard InChI is InChI=1S/C28H48N2/c1-3-5-7-8-9-10-11-12-13-14-15-19-23-30-25-24-29(22-6-4-2)28(30)26-27-20-17-16-18-21-27/h16-18,20-21,24-25,28H,3-15,19,22-23,26H2,1-2H3. The maximum atomic E-state index is 2.60. The number of hydrogen-bond donors (Lipinski definition) is 0. The Hall–Kier alpha value is -1.44. The van der Waals surface area contributed by atoms with E-state index in [1.165, 1.54) is 109 Å². The van der Waals surface area contributed by atoms with Gasteiger partial charge in [0, 0.05) is 31.9 Å². The predicted molar refractivity (Wildman–Crippen MR) is 132 cm³/mol. The molecule has 170 valence electrons. The average molecular weight is 413 g/mol. The van der Waals surface area contributed by atoms with Crippen molar-refractivity contribution in [2.45, 2.75) is 116 Å². The van der Waals surface area contributed by atoms with Crippen molar-refractivity contribution in [2.24, 2.45) is 0 Å². The summed E-state index contributed by atoms with van der Waals surface area (Å²) in [6.07, 6.45) is 25.9. The summed E-state index contributed by atoms with van der Waals surface area (Å²) in [6.45, 7) is 6.97. The van der Waals surface area contributed by atoms with Crippen LogP contribution >= 0.6 is 0 Å². The summed E-state index contributed by atoms with van der Waals surface area (Å²) < 4.78 is 0. The number of benzene rings is 1. The van der Waals surface area contributed by atoms with Gasteiger partial charge in [-0.2, -0.15) is 0 Å². The number of rotatable bonds is 18. The predicted octanol–water partition coefficient (Wildman–Crippen LogP) is 8.15. The second-order valence-electron chi connectivity index (χ2n) is 9.19. The fourth-order valence-corrected chi connectivity index (χ4v) is 4.54. The molecule has 0 saturated carbocycles. The first kappa shape index (κ1) is 24.8. The van der Waals surface area contributed by atoms with Crippen molar-refractivity contribution in [1.29, 1.82) is 0 Å². The topological polar surface area (TPSA) is 6.48 Å². The Kier molecular flexibility index (Phi) is 13.5. The highest BCUT2D eigenvalue weighted by molar-refractivity contribution is 5.17. The molecule has 1 aromatic carbocycles. The molecule has 0 amide bonds. The van der Waals surface area contributed by atoms with Crippen LogP contribution in [0, 0.1) is 0 Å². The highest BCUT2D eigenvalue weighted by atomic mass is 15.4. The molecule has 0 radical (unpaired) electrons. The smallest absolute Gasteiger partial charge is 0.105 e. The summed E-state index contributed by atoms with van der Waals surface area (Å²) in [4.78, 5) is 5.16. The Morgan fingerprint density at radius 2 is 1.03 bits per heavy atom. The number of unbranched alkanes of at least 4 members (excludes halogenated alkanes) is 12. The van der Waals surface area contributed by atoms with E-state index in [0.717, 1.165) is 6.42 Å². The zero-order valence-corrected chi connectivity index (χ0v) is 20.0. The fraction of sp³-hybridized carbons (Fsp3) is 0.714. The molecule has 0 saturated heterocycles. The lowest BCUT2D eigenvalue weighted by atomic mass is 10.0. The van der Waals surface area contributed by atoms with Gasteiger partial charge in [-0.05, 0) is 18.4 Å². The van der Waals surface area contributed by atoms with Crippen LogP contribution in [0.15, 0.2) is 42.7 Å². The van der Waals surface area contributed by atoms with Crippen molar-refractivity contribution in [3.63, 3.8) is 0 Å². The van der Waals surface area contributed by atoms with Gasteiger partial charge >= 0.3 is 0 Å². The van der Waals surface area contributed by atoms with Gasteiger partial charge in [-0.3, -0.25) is 0 Å². The second kappa shape index (κ2) is 16.3. The molecule has 0 spiro atoms. The van der Waals surface area contributed by atoms with Crippen LogP contribution in [0.25, 0.3) is 0 Å². The fourth-order valence-electron chi connectivity index (χ4n) is 4.54. The van der Waals surface area contributed by atoms with Crippen LogP contribution in [0.2, 0.25) is 0 Å². The Balaban J connectivity index is 1.59. The molecule has 1 atom stereocenters. The zero-order chi connectivity index (χ0) is 21.3. The zero-order valence-electron chi connectivity index (χ0n) is 20.0. The molecular formula is C28H48N2. The number of hydrogen-bond acceptors (Lipinski definition) is 2. The molecule has 1 aliphatic rings. The largest absolute Gasteiger partial charge is 0.356 e. The molecule has 2 rings (SSSR count). The Morgan fingerprint density at radius 1 is 0.567 bits per heavy atom. The molecule has 0 aliphatic carbocycles.